The SMILES string of the molecule is CCNC(=O)[C@@H]1CN(C(=O)CC)C[C@H]1C1CCN(c2ccc(C#N)c(C(F)(F)F)c2)CC1. The van der Waals surface area contributed by atoms with Crippen molar-refractivity contribution in [1.29, 1.82) is 5.26 Å². The van der Waals surface area contributed by atoms with Gasteiger partial charge in [-0.25, -0.2) is 0 Å². The summed E-state index contributed by atoms with van der Waals surface area (Å²) in [4.78, 5) is 28.6. The van der Waals surface area contributed by atoms with Gasteiger partial charge in [-0.3, -0.25) is 9.59 Å². The zero-order chi connectivity index (χ0) is 23.5. The van der Waals surface area contributed by atoms with E-state index in [1.807, 2.05) is 18.7 Å². The molecule has 2 aliphatic heterocycles. The van der Waals surface area contributed by atoms with E-state index in [-0.39, 0.29) is 35.1 Å². The summed E-state index contributed by atoms with van der Waals surface area (Å²) in [6.07, 6.45) is -2.72. The number of nitrogens with zero attached hydrogens (tertiary/aromatic N) is 3. The normalized spacial score (nSPS) is 22.0. The number of nitrogens with one attached hydrogen (secondary N) is 1. The number of anilines is 1. The number of benzene rings is 1. The van der Waals surface area contributed by atoms with Gasteiger partial charge in [0.2, 0.25) is 11.8 Å². The average Bonchev–Trinajstić information content (AvgIpc) is 3.23. The molecule has 2 atom stereocenters. The van der Waals surface area contributed by atoms with Crippen molar-refractivity contribution in [2.75, 3.05) is 37.6 Å². The highest BCUT2D eigenvalue weighted by atomic mass is 19.4. The van der Waals surface area contributed by atoms with E-state index in [1.165, 1.54) is 6.07 Å². The molecule has 2 aliphatic rings. The molecule has 1 aromatic rings. The number of piperidine rings is 1. The van der Waals surface area contributed by atoms with Crippen LogP contribution in [0.5, 0.6) is 0 Å². The molecule has 2 fully saturated rings. The average molecular weight is 451 g/mol. The second kappa shape index (κ2) is 9.80. The molecule has 1 N–H and O–H groups in total. The molecule has 1 aromatic carbocycles. The highest BCUT2D eigenvalue weighted by Crippen LogP contribution is 2.39. The van der Waals surface area contributed by atoms with Crippen molar-refractivity contribution >= 4 is 17.5 Å². The number of likely N-dealkylation sites (tertiary alicyclic amines) is 1. The van der Waals surface area contributed by atoms with Crippen LogP contribution in [0.15, 0.2) is 18.2 Å². The van der Waals surface area contributed by atoms with Crippen LogP contribution in [0.3, 0.4) is 0 Å². The molecule has 32 heavy (non-hydrogen) atoms. The van der Waals surface area contributed by atoms with E-state index in [4.69, 9.17) is 5.26 Å². The first-order valence-corrected chi connectivity index (χ1v) is 11.1. The molecule has 0 bridgehead atoms. The number of hydrogen-bond donors (Lipinski definition) is 1. The lowest BCUT2D eigenvalue weighted by molar-refractivity contribution is -0.137. The number of halogens is 3. The van der Waals surface area contributed by atoms with Gasteiger partial charge in [0.1, 0.15) is 0 Å². The molecule has 0 radical (unpaired) electrons. The van der Waals surface area contributed by atoms with Gasteiger partial charge >= 0.3 is 6.18 Å². The Morgan fingerprint density at radius 1 is 1.19 bits per heavy atom. The van der Waals surface area contributed by atoms with Crippen LogP contribution >= 0.6 is 0 Å². The third-order valence-electron chi connectivity index (χ3n) is 6.65. The predicted octanol–water partition coefficient (Wildman–Crippen LogP) is 3.41. The van der Waals surface area contributed by atoms with Crippen molar-refractivity contribution in [3.63, 3.8) is 0 Å². The van der Waals surface area contributed by atoms with Gasteiger partial charge in [-0.15, -0.1) is 0 Å². The molecule has 0 unspecified atom stereocenters. The van der Waals surface area contributed by atoms with Crippen molar-refractivity contribution in [2.45, 2.75) is 39.3 Å². The van der Waals surface area contributed by atoms with Gasteiger partial charge in [-0.1, -0.05) is 6.92 Å². The lowest BCUT2D eigenvalue weighted by Gasteiger charge is -2.37. The first-order chi connectivity index (χ1) is 15.2. The molecule has 3 rings (SSSR count). The number of carbonyl (C=O) groups is 2. The Kier molecular flexibility index (Phi) is 7.32. The van der Waals surface area contributed by atoms with Crippen LogP contribution in [0.4, 0.5) is 18.9 Å². The second-order valence-corrected chi connectivity index (χ2v) is 8.48. The Labute approximate surface area is 186 Å². The molecule has 174 valence electrons. The van der Waals surface area contributed by atoms with Gasteiger partial charge in [0.15, 0.2) is 0 Å². The quantitative estimate of drug-likeness (QED) is 0.746. The molecular formula is C23H29F3N4O2. The first kappa shape index (κ1) is 23.9. The molecule has 2 saturated heterocycles. The lowest BCUT2D eigenvalue weighted by Crippen LogP contribution is -2.41. The fraction of sp³-hybridized carbons (Fsp3) is 0.609. The topological polar surface area (TPSA) is 76.4 Å². The maximum atomic E-state index is 13.3. The van der Waals surface area contributed by atoms with E-state index in [0.717, 1.165) is 18.9 Å². The maximum Gasteiger partial charge on any atom is 0.417 e. The van der Waals surface area contributed by atoms with Crippen LogP contribution in [0.1, 0.15) is 44.2 Å². The summed E-state index contributed by atoms with van der Waals surface area (Å²) in [5.74, 6) is 0.0124. The number of carbonyl (C=O) groups excluding carboxylic acids is 2. The fourth-order valence-electron chi connectivity index (χ4n) is 4.96. The second-order valence-electron chi connectivity index (χ2n) is 8.48. The highest BCUT2D eigenvalue weighted by Gasteiger charge is 2.43. The van der Waals surface area contributed by atoms with E-state index in [1.54, 1.807) is 17.0 Å². The minimum Gasteiger partial charge on any atom is -0.372 e. The summed E-state index contributed by atoms with van der Waals surface area (Å²) in [6.45, 7) is 6.30. The van der Waals surface area contributed by atoms with E-state index in [2.05, 4.69) is 5.32 Å². The summed E-state index contributed by atoms with van der Waals surface area (Å²) in [5, 5.41) is 11.9. The Morgan fingerprint density at radius 2 is 1.88 bits per heavy atom. The third-order valence-corrected chi connectivity index (χ3v) is 6.65. The number of alkyl halides is 3. The molecule has 2 heterocycles. The summed E-state index contributed by atoms with van der Waals surface area (Å²) in [5.41, 5.74) is -0.850. The molecule has 2 amide bonds. The summed E-state index contributed by atoms with van der Waals surface area (Å²) >= 11 is 0. The van der Waals surface area contributed by atoms with Crippen molar-refractivity contribution in [3.05, 3.63) is 29.3 Å². The van der Waals surface area contributed by atoms with Crippen LogP contribution in [-0.2, 0) is 15.8 Å². The monoisotopic (exact) mass is 450 g/mol. The molecule has 0 saturated carbocycles. The van der Waals surface area contributed by atoms with Crippen molar-refractivity contribution in [1.82, 2.24) is 10.2 Å². The zero-order valence-electron chi connectivity index (χ0n) is 18.4. The molecule has 9 heteroatoms. The summed E-state index contributed by atoms with van der Waals surface area (Å²) in [7, 11) is 0. The molecule has 6 nitrogen and oxygen atoms in total. The highest BCUT2D eigenvalue weighted by molar-refractivity contribution is 5.82. The van der Waals surface area contributed by atoms with Gasteiger partial charge in [0.05, 0.1) is 23.1 Å². The number of rotatable bonds is 5. The van der Waals surface area contributed by atoms with E-state index in [0.29, 0.717) is 44.8 Å². The summed E-state index contributed by atoms with van der Waals surface area (Å²) < 4.78 is 40.0. The van der Waals surface area contributed by atoms with Crippen LogP contribution in [0, 0.1) is 29.1 Å². The zero-order valence-corrected chi connectivity index (χ0v) is 18.4. The van der Waals surface area contributed by atoms with Gasteiger partial charge in [-0.05, 0) is 49.8 Å². The van der Waals surface area contributed by atoms with Gasteiger partial charge in [-0.2, -0.15) is 18.4 Å². The number of amides is 2. The Balaban J connectivity index is 1.72. The number of hydrogen-bond acceptors (Lipinski definition) is 4. The van der Waals surface area contributed by atoms with Gasteiger partial charge in [0, 0.05) is 44.8 Å². The Hall–Kier alpha value is -2.76. The third kappa shape index (κ3) is 5.00. The Morgan fingerprint density at radius 3 is 2.44 bits per heavy atom. The minimum absolute atomic E-state index is 0.0340. The van der Waals surface area contributed by atoms with Crippen LogP contribution in [0.25, 0.3) is 0 Å². The van der Waals surface area contributed by atoms with Crippen LogP contribution < -0.4 is 10.2 Å². The van der Waals surface area contributed by atoms with Gasteiger partial charge in [0.25, 0.3) is 0 Å². The van der Waals surface area contributed by atoms with E-state index < -0.39 is 11.7 Å². The van der Waals surface area contributed by atoms with Crippen molar-refractivity contribution in [2.24, 2.45) is 17.8 Å². The van der Waals surface area contributed by atoms with E-state index >= 15 is 0 Å². The summed E-state index contributed by atoms with van der Waals surface area (Å²) in [6, 6.07) is 5.44. The van der Waals surface area contributed by atoms with Gasteiger partial charge < -0.3 is 15.1 Å². The molecule has 0 aliphatic carbocycles. The standard InChI is InChI=1S/C23H29F3N4O2/c1-3-21(31)30-13-18(19(14-30)22(32)28-4-2)15-7-9-29(10-8-15)17-6-5-16(12-27)20(11-17)23(24,25)26/h5-6,11,15,18-19H,3-4,7-10,13-14H2,1-2H3,(H,28,32)/t18-,19+/m0/s1. The number of nitriles is 1. The largest absolute Gasteiger partial charge is 0.417 e. The molecular weight excluding hydrogens is 421 g/mol. The molecule has 0 aromatic heterocycles. The van der Waals surface area contributed by atoms with E-state index in [9.17, 15) is 22.8 Å². The Bertz CT molecular complexity index is 888. The van der Waals surface area contributed by atoms with Crippen molar-refractivity contribution in [3.8, 4) is 6.07 Å². The predicted molar refractivity (Wildman–Crippen MR) is 114 cm³/mol. The van der Waals surface area contributed by atoms with Crippen molar-refractivity contribution < 1.29 is 22.8 Å². The fourth-order valence-corrected chi connectivity index (χ4v) is 4.96. The first-order valence-electron chi connectivity index (χ1n) is 11.1. The molecule has 0 spiro atoms. The smallest absolute Gasteiger partial charge is 0.372 e. The minimum atomic E-state index is -4.58. The maximum absolute atomic E-state index is 13.3. The van der Waals surface area contributed by atoms with Crippen LogP contribution in [-0.4, -0.2) is 49.4 Å². The lowest BCUT2D eigenvalue weighted by atomic mass is 9.78. The van der Waals surface area contributed by atoms with Crippen LogP contribution in [0.2, 0.25) is 0 Å².